The van der Waals surface area contributed by atoms with E-state index < -0.39 is 0 Å². The number of aryl methyl sites for hydroxylation is 2. The van der Waals surface area contributed by atoms with Crippen molar-refractivity contribution in [3.05, 3.63) is 81.7 Å². The van der Waals surface area contributed by atoms with Crippen molar-refractivity contribution in [3.63, 3.8) is 0 Å². The van der Waals surface area contributed by atoms with E-state index in [9.17, 15) is 4.79 Å². The lowest BCUT2D eigenvalue weighted by Crippen LogP contribution is -2.29. The van der Waals surface area contributed by atoms with Crippen LogP contribution in [0.1, 0.15) is 48.8 Å². The fourth-order valence-corrected chi connectivity index (χ4v) is 4.41. The monoisotopic (exact) mass is 484 g/mol. The predicted molar refractivity (Wildman–Crippen MR) is 140 cm³/mol. The number of benzene rings is 2. The molecule has 1 aliphatic heterocycles. The maximum Gasteiger partial charge on any atom is 0.266 e. The number of nitrogens with one attached hydrogen (secondary N) is 2. The van der Waals surface area contributed by atoms with Crippen LogP contribution in [0.3, 0.4) is 0 Å². The number of nitrogens with two attached hydrogens (primary N) is 1. The number of nitrogens with zero attached hydrogens (tertiary/aromatic N) is 5. The first kappa shape index (κ1) is 23.3. The number of aromatic nitrogens is 4. The summed E-state index contributed by atoms with van der Waals surface area (Å²) in [5, 5.41) is 8.27. The maximum atomic E-state index is 14.0. The Bertz CT molecular complexity index is 1550. The molecule has 0 aliphatic carbocycles. The topological polar surface area (TPSA) is 132 Å². The van der Waals surface area contributed by atoms with Gasteiger partial charge >= 0.3 is 0 Å². The van der Waals surface area contributed by atoms with Crippen molar-refractivity contribution in [1.82, 2.24) is 24.9 Å². The zero-order valence-electron chi connectivity index (χ0n) is 20.6. The Morgan fingerprint density at radius 2 is 1.92 bits per heavy atom. The molecule has 3 heterocycles. The van der Waals surface area contributed by atoms with Crippen molar-refractivity contribution in [1.29, 1.82) is 0 Å². The lowest BCUT2D eigenvalue weighted by atomic mass is 10.1. The third-order valence-corrected chi connectivity index (χ3v) is 6.25. The van der Waals surface area contributed by atoms with E-state index >= 15 is 0 Å². The van der Waals surface area contributed by atoms with Crippen LogP contribution in [-0.2, 0) is 4.74 Å². The molecule has 0 bridgehead atoms. The molecular weight excluding hydrogens is 456 g/mol. The summed E-state index contributed by atoms with van der Waals surface area (Å²) in [6.45, 7) is 7.76. The average molecular weight is 485 g/mol. The largest absolute Gasteiger partial charge is 0.451 e. The minimum atomic E-state index is -0.386. The van der Waals surface area contributed by atoms with Crippen molar-refractivity contribution < 1.29 is 4.74 Å². The van der Waals surface area contributed by atoms with Crippen LogP contribution in [0, 0.1) is 13.8 Å². The van der Waals surface area contributed by atoms with Gasteiger partial charge in [0.05, 0.1) is 22.6 Å². The molecule has 0 radical (unpaired) electrons. The Hall–Kier alpha value is -4.47. The van der Waals surface area contributed by atoms with Crippen LogP contribution in [-0.4, -0.2) is 31.6 Å². The molecule has 5 rings (SSSR count). The Balaban J connectivity index is 1.70. The van der Waals surface area contributed by atoms with Gasteiger partial charge in [0.25, 0.3) is 5.56 Å². The molecule has 2 aromatic heterocycles. The highest BCUT2D eigenvalue weighted by molar-refractivity contribution is 6.03. The van der Waals surface area contributed by atoms with Gasteiger partial charge in [-0.05, 0) is 50.5 Å². The summed E-state index contributed by atoms with van der Waals surface area (Å²) in [5.74, 6) is 1.55. The first-order valence-electron chi connectivity index (χ1n) is 11.8. The Labute approximate surface area is 208 Å². The lowest BCUT2D eigenvalue weighted by molar-refractivity contribution is 0.209. The molecule has 4 N–H and O–H groups in total. The van der Waals surface area contributed by atoms with Crippen molar-refractivity contribution in [2.45, 2.75) is 46.4 Å². The Kier molecular flexibility index (Phi) is 6.01. The second-order valence-electron chi connectivity index (χ2n) is 8.76. The van der Waals surface area contributed by atoms with E-state index in [1.165, 1.54) is 6.33 Å². The van der Waals surface area contributed by atoms with Gasteiger partial charge in [0.15, 0.2) is 6.23 Å². The fraction of sp³-hybridized carbons (Fsp3) is 0.269. The van der Waals surface area contributed by atoms with E-state index in [1.807, 2.05) is 70.2 Å². The van der Waals surface area contributed by atoms with Gasteiger partial charge in [0.1, 0.15) is 29.4 Å². The minimum absolute atomic E-state index is 0.119. The van der Waals surface area contributed by atoms with Gasteiger partial charge in [-0.1, -0.05) is 37.3 Å². The van der Waals surface area contributed by atoms with Crippen LogP contribution in [0.15, 0.2) is 58.7 Å². The minimum Gasteiger partial charge on any atom is -0.451 e. The Morgan fingerprint density at radius 1 is 1.14 bits per heavy atom. The van der Waals surface area contributed by atoms with E-state index in [2.05, 4.69) is 25.8 Å². The zero-order chi connectivity index (χ0) is 25.4. The number of para-hydroxylation sites is 1. The van der Waals surface area contributed by atoms with Crippen molar-refractivity contribution in [2.75, 3.05) is 11.1 Å². The quantitative estimate of drug-likeness (QED) is 0.378. The van der Waals surface area contributed by atoms with Crippen molar-refractivity contribution in [3.8, 4) is 5.69 Å². The number of ether oxygens (including phenoxy) is 1. The van der Waals surface area contributed by atoms with Gasteiger partial charge in [-0.2, -0.15) is 0 Å². The van der Waals surface area contributed by atoms with Crippen LogP contribution in [0.25, 0.3) is 16.6 Å². The molecule has 36 heavy (non-hydrogen) atoms. The molecule has 0 saturated carbocycles. The molecular formula is C26H28N8O2. The molecule has 2 atom stereocenters. The highest BCUT2D eigenvalue weighted by Crippen LogP contribution is 2.29. The normalized spacial score (nSPS) is 15.8. The number of hydrogen-bond donors (Lipinski definition) is 3. The van der Waals surface area contributed by atoms with Gasteiger partial charge < -0.3 is 15.8 Å². The van der Waals surface area contributed by atoms with Crippen LogP contribution in [0.4, 0.5) is 11.6 Å². The number of rotatable bonds is 6. The fourth-order valence-electron chi connectivity index (χ4n) is 4.41. The summed E-state index contributed by atoms with van der Waals surface area (Å²) in [6, 6.07) is 13.1. The van der Waals surface area contributed by atoms with Gasteiger partial charge in [-0.3, -0.25) is 14.8 Å². The third kappa shape index (κ3) is 4.00. The molecule has 2 unspecified atom stereocenters. The molecule has 0 saturated heterocycles. The van der Waals surface area contributed by atoms with Crippen LogP contribution in [0.2, 0.25) is 0 Å². The number of anilines is 2. The SMILES string of the molecule is CCC(Nc1ncnc(N)c1C1=NNC(C)O1)c1nc2cccc(C)c2c(=O)n1-c1ccccc1C. The van der Waals surface area contributed by atoms with Crippen LogP contribution < -0.4 is 22.0 Å². The molecule has 10 nitrogen and oxygen atoms in total. The van der Waals surface area contributed by atoms with E-state index in [0.29, 0.717) is 40.4 Å². The Morgan fingerprint density at radius 3 is 2.64 bits per heavy atom. The van der Waals surface area contributed by atoms with Crippen LogP contribution >= 0.6 is 0 Å². The highest BCUT2D eigenvalue weighted by Gasteiger charge is 2.27. The zero-order valence-corrected chi connectivity index (χ0v) is 20.6. The molecule has 10 heteroatoms. The lowest BCUT2D eigenvalue weighted by Gasteiger charge is -2.24. The summed E-state index contributed by atoms with van der Waals surface area (Å²) in [7, 11) is 0. The summed E-state index contributed by atoms with van der Waals surface area (Å²) in [6.07, 6.45) is 1.69. The second-order valence-corrected chi connectivity index (χ2v) is 8.76. The summed E-state index contributed by atoms with van der Waals surface area (Å²) < 4.78 is 7.45. The summed E-state index contributed by atoms with van der Waals surface area (Å²) in [5.41, 5.74) is 12.7. The smallest absolute Gasteiger partial charge is 0.266 e. The molecule has 0 fully saturated rings. The second kappa shape index (κ2) is 9.29. The standard InChI is InChI=1S/C26H28N8O2/c1-5-17(30-23-21(22(27)28-13-29-23)25-33-32-16(4)36-25)24-31-18-11-8-10-15(3)20(18)26(35)34(24)19-12-7-6-9-14(19)2/h6-13,16-17,32H,5H2,1-4H3,(H3,27,28,29,30). The average Bonchev–Trinajstić information content (AvgIpc) is 3.28. The highest BCUT2D eigenvalue weighted by atomic mass is 16.5. The maximum absolute atomic E-state index is 14.0. The van der Waals surface area contributed by atoms with Gasteiger partial charge in [-0.25, -0.2) is 15.0 Å². The number of hydrazone groups is 1. The number of nitrogen functional groups attached to an aromatic ring is 1. The molecule has 1 aliphatic rings. The molecule has 0 amide bonds. The van der Waals surface area contributed by atoms with E-state index in [1.54, 1.807) is 4.57 Å². The van der Waals surface area contributed by atoms with Crippen molar-refractivity contribution >= 4 is 28.4 Å². The summed E-state index contributed by atoms with van der Waals surface area (Å²) in [4.78, 5) is 27.5. The van der Waals surface area contributed by atoms with Crippen molar-refractivity contribution in [2.24, 2.45) is 5.10 Å². The molecule has 184 valence electrons. The first-order valence-corrected chi connectivity index (χ1v) is 11.8. The van der Waals surface area contributed by atoms with E-state index in [0.717, 1.165) is 16.8 Å². The molecule has 0 spiro atoms. The third-order valence-electron chi connectivity index (χ3n) is 6.25. The molecule has 2 aromatic carbocycles. The van der Waals surface area contributed by atoms with Gasteiger partial charge in [0, 0.05) is 0 Å². The first-order chi connectivity index (χ1) is 17.4. The van der Waals surface area contributed by atoms with E-state index in [4.69, 9.17) is 15.5 Å². The van der Waals surface area contributed by atoms with Gasteiger partial charge in [-0.15, -0.1) is 5.10 Å². The predicted octanol–water partition coefficient (Wildman–Crippen LogP) is 3.57. The molecule has 4 aromatic rings. The number of hydrogen-bond acceptors (Lipinski definition) is 9. The number of fused-ring (bicyclic) bond motifs is 1. The summed E-state index contributed by atoms with van der Waals surface area (Å²) >= 11 is 0. The van der Waals surface area contributed by atoms with E-state index in [-0.39, 0.29) is 23.6 Å². The van der Waals surface area contributed by atoms with Gasteiger partial charge in [0.2, 0.25) is 5.90 Å². The van der Waals surface area contributed by atoms with Crippen LogP contribution in [0.5, 0.6) is 0 Å².